The first kappa shape index (κ1) is 25.6. The van der Waals surface area contributed by atoms with Gasteiger partial charge in [-0.3, -0.25) is 19.3 Å². The normalized spacial score (nSPS) is 16.6. The van der Waals surface area contributed by atoms with E-state index in [-0.39, 0.29) is 29.2 Å². The molecule has 0 fully saturated rings. The highest BCUT2D eigenvalue weighted by atomic mass is 32.1. The van der Waals surface area contributed by atoms with Gasteiger partial charge in [-0.2, -0.15) is 0 Å². The van der Waals surface area contributed by atoms with Crippen LogP contribution in [0, 0.1) is 11.8 Å². The second kappa shape index (κ2) is 10.2. The van der Waals surface area contributed by atoms with Crippen LogP contribution in [0.25, 0.3) is 0 Å². The Hall–Kier alpha value is -3.53. The zero-order chi connectivity index (χ0) is 26.1. The van der Waals surface area contributed by atoms with Gasteiger partial charge in [0.15, 0.2) is 6.61 Å². The largest absolute Gasteiger partial charge is 0.465 e. The Labute approximate surface area is 212 Å². The van der Waals surface area contributed by atoms with E-state index in [4.69, 9.17) is 9.47 Å². The molecule has 0 spiro atoms. The maximum Gasteiger partial charge on any atom is 0.341 e. The number of methoxy groups -OCH3 is 1. The highest BCUT2D eigenvalue weighted by molar-refractivity contribution is 7.17. The van der Waals surface area contributed by atoms with Crippen molar-refractivity contribution in [2.24, 2.45) is 11.8 Å². The average Bonchev–Trinajstić information content (AvgIpc) is 3.30. The van der Waals surface area contributed by atoms with E-state index >= 15 is 0 Å². The van der Waals surface area contributed by atoms with Gasteiger partial charge < -0.3 is 14.8 Å². The summed E-state index contributed by atoms with van der Waals surface area (Å²) in [5.41, 5.74) is 1.70. The predicted octanol–water partition coefficient (Wildman–Crippen LogP) is 3.71. The Kier molecular flexibility index (Phi) is 7.26. The molecule has 2 heterocycles. The minimum absolute atomic E-state index is 0.0601. The molecule has 10 heteroatoms. The fourth-order valence-electron chi connectivity index (χ4n) is 4.48. The quantitative estimate of drug-likeness (QED) is 0.444. The molecule has 1 N–H and O–H groups in total. The van der Waals surface area contributed by atoms with Crippen molar-refractivity contribution in [3.8, 4) is 0 Å². The zero-order valence-electron chi connectivity index (χ0n) is 20.6. The molecule has 3 amide bonds. The molecule has 4 rings (SSSR count). The number of carbonyl (C=O) groups excluding carboxylic acids is 5. The molecule has 0 saturated carbocycles. The third-order valence-corrected chi connectivity index (χ3v) is 7.41. The van der Waals surface area contributed by atoms with Gasteiger partial charge in [0, 0.05) is 11.4 Å². The number of esters is 2. The molecule has 1 aromatic heterocycles. The standard InChI is InChI=1S/C26H28N2O7S/c1-13(2)11-28-23(30)16-8-6-15(10-18(16)24(28)31)25(32)35-12-20(29)27-22-21(26(33)34-4)17-7-5-14(3)9-19(17)36-22/h6,8,10,13-14H,5,7,9,11-12H2,1-4H3,(H,27,29). The van der Waals surface area contributed by atoms with Crippen LogP contribution in [-0.4, -0.2) is 54.8 Å². The van der Waals surface area contributed by atoms with Gasteiger partial charge in [0.05, 0.1) is 29.4 Å². The van der Waals surface area contributed by atoms with E-state index < -0.39 is 36.3 Å². The summed E-state index contributed by atoms with van der Waals surface area (Å²) >= 11 is 1.34. The summed E-state index contributed by atoms with van der Waals surface area (Å²) in [4.78, 5) is 64.9. The van der Waals surface area contributed by atoms with Crippen molar-refractivity contribution in [1.29, 1.82) is 0 Å². The molecule has 0 saturated heterocycles. The van der Waals surface area contributed by atoms with E-state index in [1.54, 1.807) is 0 Å². The fraction of sp³-hybridized carbons (Fsp3) is 0.423. The number of hydrogen-bond acceptors (Lipinski definition) is 8. The summed E-state index contributed by atoms with van der Waals surface area (Å²) < 4.78 is 10.1. The van der Waals surface area contributed by atoms with Crippen LogP contribution < -0.4 is 5.32 Å². The zero-order valence-corrected chi connectivity index (χ0v) is 21.5. The van der Waals surface area contributed by atoms with E-state index in [1.165, 1.54) is 36.6 Å². The molecule has 190 valence electrons. The summed E-state index contributed by atoms with van der Waals surface area (Å²) in [5.74, 6) is -2.18. The highest BCUT2D eigenvalue weighted by Gasteiger charge is 2.36. The molecule has 0 bridgehead atoms. The van der Waals surface area contributed by atoms with Gasteiger partial charge >= 0.3 is 11.9 Å². The van der Waals surface area contributed by atoms with Crippen molar-refractivity contribution in [3.05, 3.63) is 50.9 Å². The maximum atomic E-state index is 12.7. The Morgan fingerprint density at radius 3 is 2.56 bits per heavy atom. The molecule has 1 aromatic carbocycles. The Balaban J connectivity index is 1.43. The highest BCUT2D eigenvalue weighted by Crippen LogP contribution is 2.40. The van der Waals surface area contributed by atoms with Crippen molar-refractivity contribution in [2.75, 3.05) is 25.6 Å². The van der Waals surface area contributed by atoms with Crippen molar-refractivity contribution in [2.45, 2.75) is 40.0 Å². The first-order valence-electron chi connectivity index (χ1n) is 11.8. The molecule has 1 unspecified atom stereocenters. The number of fused-ring (bicyclic) bond motifs is 2. The van der Waals surface area contributed by atoms with Crippen LogP contribution in [-0.2, 0) is 27.1 Å². The Morgan fingerprint density at radius 1 is 1.14 bits per heavy atom. The van der Waals surface area contributed by atoms with Crippen LogP contribution in [0.5, 0.6) is 0 Å². The molecule has 36 heavy (non-hydrogen) atoms. The lowest BCUT2D eigenvalue weighted by atomic mass is 9.88. The van der Waals surface area contributed by atoms with Crippen LogP contribution in [0.3, 0.4) is 0 Å². The third kappa shape index (κ3) is 4.90. The van der Waals surface area contributed by atoms with Crippen molar-refractivity contribution >= 4 is 46.0 Å². The number of carbonyl (C=O) groups is 5. The summed E-state index contributed by atoms with van der Waals surface area (Å²) in [7, 11) is 1.29. The molecule has 9 nitrogen and oxygen atoms in total. The number of nitrogens with zero attached hydrogens (tertiary/aromatic N) is 1. The molecule has 1 aliphatic carbocycles. The van der Waals surface area contributed by atoms with Gasteiger partial charge in [-0.25, -0.2) is 9.59 Å². The lowest BCUT2D eigenvalue weighted by molar-refractivity contribution is -0.119. The molecule has 0 radical (unpaired) electrons. The lowest BCUT2D eigenvalue weighted by Crippen LogP contribution is -2.33. The molecular formula is C26H28N2O7S. The van der Waals surface area contributed by atoms with Crippen molar-refractivity contribution < 1.29 is 33.4 Å². The van der Waals surface area contributed by atoms with Crippen LogP contribution in [0.2, 0.25) is 0 Å². The van der Waals surface area contributed by atoms with Gasteiger partial charge in [0.25, 0.3) is 17.7 Å². The number of amides is 3. The van der Waals surface area contributed by atoms with E-state index in [9.17, 15) is 24.0 Å². The van der Waals surface area contributed by atoms with Gasteiger partial charge in [-0.1, -0.05) is 20.8 Å². The number of anilines is 1. The molecule has 1 atom stereocenters. The number of benzene rings is 1. The van der Waals surface area contributed by atoms with Gasteiger partial charge in [-0.05, 0) is 54.9 Å². The minimum atomic E-state index is -0.803. The first-order valence-corrected chi connectivity index (χ1v) is 12.6. The van der Waals surface area contributed by atoms with E-state index in [0.717, 1.165) is 34.6 Å². The van der Waals surface area contributed by atoms with Crippen molar-refractivity contribution in [3.63, 3.8) is 0 Å². The SMILES string of the molecule is COC(=O)c1c(NC(=O)COC(=O)c2ccc3c(c2)C(=O)N(CC(C)C)C3=O)sc2c1CCC(C)C2. The summed E-state index contributed by atoms with van der Waals surface area (Å²) in [6.07, 6.45) is 2.50. The van der Waals surface area contributed by atoms with Gasteiger partial charge in [-0.15, -0.1) is 11.3 Å². The summed E-state index contributed by atoms with van der Waals surface area (Å²) in [6.45, 7) is 5.64. The molecule has 2 aliphatic rings. The number of hydrogen-bond donors (Lipinski definition) is 1. The number of ether oxygens (including phenoxy) is 2. The number of rotatable bonds is 7. The van der Waals surface area contributed by atoms with Crippen LogP contribution in [0.4, 0.5) is 5.00 Å². The average molecular weight is 513 g/mol. The third-order valence-electron chi connectivity index (χ3n) is 6.24. The number of nitrogens with one attached hydrogen (secondary N) is 1. The van der Waals surface area contributed by atoms with E-state index in [1.807, 2.05) is 13.8 Å². The second-order valence-corrected chi connectivity index (χ2v) is 10.7. The molecular weight excluding hydrogens is 484 g/mol. The first-order chi connectivity index (χ1) is 17.1. The smallest absolute Gasteiger partial charge is 0.341 e. The topological polar surface area (TPSA) is 119 Å². The maximum absolute atomic E-state index is 12.7. The number of imide groups is 1. The number of thiophene rings is 1. The minimum Gasteiger partial charge on any atom is -0.465 e. The van der Waals surface area contributed by atoms with Crippen LogP contribution in [0.1, 0.15) is 79.1 Å². The lowest BCUT2D eigenvalue weighted by Gasteiger charge is -2.18. The molecule has 2 aromatic rings. The fourth-order valence-corrected chi connectivity index (χ4v) is 5.90. The van der Waals surface area contributed by atoms with E-state index in [0.29, 0.717) is 16.5 Å². The summed E-state index contributed by atoms with van der Waals surface area (Å²) in [6, 6.07) is 4.14. The summed E-state index contributed by atoms with van der Waals surface area (Å²) in [5, 5.41) is 3.06. The van der Waals surface area contributed by atoms with Crippen molar-refractivity contribution in [1.82, 2.24) is 4.90 Å². The van der Waals surface area contributed by atoms with Gasteiger partial charge in [0.2, 0.25) is 0 Å². The van der Waals surface area contributed by atoms with Crippen LogP contribution in [0.15, 0.2) is 18.2 Å². The van der Waals surface area contributed by atoms with Gasteiger partial charge in [0.1, 0.15) is 5.00 Å². The molecule has 1 aliphatic heterocycles. The predicted molar refractivity (Wildman–Crippen MR) is 132 cm³/mol. The Morgan fingerprint density at radius 2 is 1.86 bits per heavy atom. The Bertz CT molecular complexity index is 1260. The van der Waals surface area contributed by atoms with E-state index in [2.05, 4.69) is 12.2 Å². The van der Waals surface area contributed by atoms with Crippen LogP contribution >= 0.6 is 11.3 Å². The monoisotopic (exact) mass is 512 g/mol. The second-order valence-electron chi connectivity index (χ2n) is 9.55.